The van der Waals surface area contributed by atoms with E-state index in [9.17, 15) is 4.79 Å². The lowest BCUT2D eigenvalue weighted by molar-refractivity contribution is -0.111. The van der Waals surface area contributed by atoms with Crippen LogP contribution >= 0.6 is 11.3 Å². The molecule has 0 radical (unpaired) electrons. The number of ether oxygens (including phenoxy) is 3. The Kier molecular flexibility index (Phi) is 5.31. The summed E-state index contributed by atoms with van der Waals surface area (Å²) in [7, 11) is 4.60. The monoisotopic (exact) mass is 321 g/mol. The van der Waals surface area contributed by atoms with Crippen LogP contribution in [0.25, 0.3) is 6.08 Å². The van der Waals surface area contributed by atoms with Crippen molar-refractivity contribution in [3.8, 4) is 17.2 Å². The van der Waals surface area contributed by atoms with Crippen LogP contribution in [-0.2, 0) is 4.79 Å². The normalized spacial score (nSPS) is 10.5. The van der Waals surface area contributed by atoms with Gasteiger partial charge in [0, 0.05) is 6.08 Å². The highest BCUT2D eigenvalue weighted by molar-refractivity contribution is 7.13. The summed E-state index contributed by atoms with van der Waals surface area (Å²) in [6.07, 6.45) is 3.03. The number of nitrogens with one attached hydrogen (secondary N) is 1. The van der Waals surface area contributed by atoms with Crippen LogP contribution in [0.15, 0.2) is 23.7 Å². The summed E-state index contributed by atoms with van der Waals surface area (Å²) in [5, 5.41) is 10.4. The van der Waals surface area contributed by atoms with Crippen LogP contribution in [0.3, 0.4) is 0 Å². The van der Waals surface area contributed by atoms with Crippen LogP contribution in [0.2, 0.25) is 0 Å². The summed E-state index contributed by atoms with van der Waals surface area (Å²) in [5.41, 5.74) is 2.28. The number of methoxy groups -OCH3 is 3. The second-order valence-electron chi connectivity index (χ2n) is 4.03. The van der Waals surface area contributed by atoms with Crippen molar-refractivity contribution < 1.29 is 19.0 Å². The second kappa shape index (κ2) is 7.41. The van der Waals surface area contributed by atoms with Crippen LogP contribution < -0.4 is 19.5 Å². The van der Waals surface area contributed by atoms with Crippen molar-refractivity contribution in [3.05, 3.63) is 29.3 Å². The Bertz CT molecular complexity index is 646. The first kappa shape index (κ1) is 15.8. The van der Waals surface area contributed by atoms with E-state index in [-0.39, 0.29) is 5.91 Å². The zero-order chi connectivity index (χ0) is 15.9. The average Bonchev–Trinajstić information content (AvgIpc) is 3.04. The van der Waals surface area contributed by atoms with Crippen LogP contribution in [0.5, 0.6) is 17.2 Å². The molecule has 1 heterocycles. The van der Waals surface area contributed by atoms with Crippen molar-refractivity contribution in [1.82, 2.24) is 10.2 Å². The minimum absolute atomic E-state index is 0.300. The lowest BCUT2D eigenvalue weighted by Crippen LogP contribution is -2.07. The number of rotatable bonds is 6. The first-order valence-electron chi connectivity index (χ1n) is 6.23. The lowest BCUT2D eigenvalue weighted by Gasteiger charge is -2.12. The van der Waals surface area contributed by atoms with Gasteiger partial charge in [-0.3, -0.25) is 10.1 Å². The lowest BCUT2D eigenvalue weighted by atomic mass is 10.1. The topological polar surface area (TPSA) is 82.6 Å². The van der Waals surface area contributed by atoms with Gasteiger partial charge in [-0.2, -0.15) is 0 Å². The molecule has 0 fully saturated rings. The van der Waals surface area contributed by atoms with Gasteiger partial charge in [0.1, 0.15) is 5.51 Å². The van der Waals surface area contributed by atoms with Gasteiger partial charge in [0.05, 0.1) is 21.3 Å². The van der Waals surface area contributed by atoms with Gasteiger partial charge in [-0.1, -0.05) is 11.3 Å². The minimum Gasteiger partial charge on any atom is -0.493 e. The van der Waals surface area contributed by atoms with E-state index < -0.39 is 0 Å². The highest BCUT2D eigenvalue weighted by Gasteiger charge is 2.12. The van der Waals surface area contributed by atoms with Crippen molar-refractivity contribution in [3.63, 3.8) is 0 Å². The maximum atomic E-state index is 11.8. The SMILES string of the molecule is COc1cc(/C=C/C(=O)Nc2nncs2)cc(OC)c1OC. The summed E-state index contributed by atoms with van der Waals surface area (Å²) < 4.78 is 15.8. The standard InChI is InChI=1S/C14H15N3O4S/c1-19-10-6-9(7-11(20-2)13(10)21-3)4-5-12(18)16-14-17-15-8-22-14/h4-8H,1-3H3,(H,16,17,18)/b5-4+. The molecule has 0 aliphatic rings. The van der Waals surface area contributed by atoms with Crippen LogP contribution in [-0.4, -0.2) is 37.4 Å². The largest absolute Gasteiger partial charge is 0.493 e. The first-order chi connectivity index (χ1) is 10.7. The molecule has 1 N–H and O–H groups in total. The number of nitrogens with zero attached hydrogens (tertiary/aromatic N) is 2. The predicted molar refractivity (Wildman–Crippen MR) is 83.7 cm³/mol. The Labute approximate surface area is 131 Å². The second-order valence-corrected chi connectivity index (χ2v) is 4.86. The molecule has 1 amide bonds. The van der Waals surface area contributed by atoms with Gasteiger partial charge in [-0.25, -0.2) is 0 Å². The highest BCUT2D eigenvalue weighted by Crippen LogP contribution is 2.38. The maximum absolute atomic E-state index is 11.8. The number of benzene rings is 1. The fourth-order valence-corrected chi connectivity index (χ4v) is 2.19. The van der Waals surface area contributed by atoms with E-state index in [0.717, 1.165) is 5.56 Å². The maximum Gasteiger partial charge on any atom is 0.250 e. The molecule has 0 aliphatic heterocycles. The molecular weight excluding hydrogens is 306 g/mol. The van der Waals surface area contributed by atoms with Crippen molar-refractivity contribution in [1.29, 1.82) is 0 Å². The smallest absolute Gasteiger partial charge is 0.250 e. The summed E-state index contributed by atoms with van der Waals surface area (Å²) in [5.74, 6) is 1.24. The van der Waals surface area contributed by atoms with E-state index >= 15 is 0 Å². The van der Waals surface area contributed by atoms with Gasteiger partial charge in [0.25, 0.3) is 0 Å². The summed E-state index contributed by atoms with van der Waals surface area (Å²) in [4.78, 5) is 11.8. The Morgan fingerprint density at radius 3 is 2.36 bits per heavy atom. The molecule has 1 aromatic heterocycles. The third-order valence-corrected chi connectivity index (χ3v) is 3.31. The molecule has 7 nitrogen and oxygen atoms in total. The quantitative estimate of drug-likeness (QED) is 0.822. The molecule has 0 atom stereocenters. The molecule has 0 unspecified atom stereocenters. The Hall–Kier alpha value is -2.61. The Balaban J connectivity index is 2.18. The van der Waals surface area contributed by atoms with Crippen molar-refractivity contribution in [2.75, 3.05) is 26.6 Å². The van der Waals surface area contributed by atoms with E-state index in [0.29, 0.717) is 22.4 Å². The molecule has 0 spiro atoms. The predicted octanol–water partition coefficient (Wildman–Crippen LogP) is 2.22. The van der Waals surface area contributed by atoms with Crippen molar-refractivity contribution >= 4 is 28.5 Å². The van der Waals surface area contributed by atoms with Crippen LogP contribution in [0.4, 0.5) is 5.13 Å². The third kappa shape index (κ3) is 3.73. The van der Waals surface area contributed by atoms with E-state index in [1.165, 1.54) is 38.7 Å². The first-order valence-corrected chi connectivity index (χ1v) is 7.11. The summed E-state index contributed by atoms with van der Waals surface area (Å²) >= 11 is 1.25. The molecule has 22 heavy (non-hydrogen) atoms. The van der Waals surface area contributed by atoms with Crippen molar-refractivity contribution in [2.45, 2.75) is 0 Å². The molecule has 8 heteroatoms. The Morgan fingerprint density at radius 1 is 1.18 bits per heavy atom. The zero-order valence-electron chi connectivity index (χ0n) is 12.3. The van der Waals surface area contributed by atoms with E-state index in [1.54, 1.807) is 23.7 Å². The van der Waals surface area contributed by atoms with Crippen molar-refractivity contribution in [2.24, 2.45) is 0 Å². The number of carbonyl (C=O) groups is 1. The third-order valence-electron chi connectivity index (χ3n) is 2.70. The van der Waals surface area contributed by atoms with Gasteiger partial charge in [-0.15, -0.1) is 10.2 Å². The van der Waals surface area contributed by atoms with E-state index in [1.807, 2.05) is 0 Å². The molecular formula is C14H15N3O4S. The fraction of sp³-hybridized carbons (Fsp3) is 0.214. The average molecular weight is 321 g/mol. The van der Waals surface area contributed by atoms with Gasteiger partial charge in [0.15, 0.2) is 11.5 Å². The van der Waals surface area contributed by atoms with Crippen LogP contribution in [0, 0.1) is 0 Å². The molecule has 2 rings (SSSR count). The number of aromatic nitrogens is 2. The number of hydrogen-bond acceptors (Lipinski definition) is 7. The minimum atomic E-state index is -0.300. The number of hydrogen-bond donors (Lipinski definition) is 1. The van der Waals surface area contributed by atoms with E-state index in [2.05, 4.69) is 15.5 Å². The molecule has 0 saturated carbocycles. The molecule has 0 saturated heterocycles. The van der Waals surface area contributed by atoms with Gasteiger partial charge < -0.3 is 14.2 Å². The van der Waals surface area contributed by atoms with Gasteiger partial charge >= 0.3 is 0 Å². The number of anilines is 1. The molecule has 116 valence electrons. The number of amides is 1. The van der Waals surface area contributed by atoms with E-state index in [4.69, 9.17) is 14.2 Å². The van der Waals surface area contributed by atoms with Gasteiger partial charge in [0.2, 0.25) is 16.8 Å². The zero-order valence-corrected chi connectivity index (χ0v) is 13.1. The molecule has 2 aromatic rings. The fourth-order valence-electron chi connectivity index (χ4n) is 1.74. The van der Waals surface area contributed by atoms with Crippen LogP contribution in [0.1, 0.15) is 5.56 Å². The number of carbonyl (C=O) groups excluding carboxylic acids is 1. The Morgan fingerprint density at radius 2 is 1.86 bits per heavy atom. The molecule has 0 bridgehead atoms. The summed E-state index contributed by atoms with van der Waals surface area (Å²) in [6, 6.07) is 3.49. The molecule has 0 aliphatic carbocycles. The molecule has 1 aromatic carbocycles. The van der Waals surface area contributed by atoms with Gasteiger partial charge in [-0.05, 0) is 23.8 Å². The summed E-state index contributed by atoms with van der Waals surface area (Å²) in [6.45, 7) is 0. The highest BCUT2D eigenvalue weighted by atomic mass is 32.1.